The van der Waals surface area contributed by atoms with Crippen molar-refractivity contribution in [3.63, 3.8) is 0 Å². The number of hydrogen-bond donors (Lipinski definition) is 2. The number of rotatable bonds is 9. The number of urea groups is 1. The van der Waals surface area contributed by atoms with Crippen molar-refractivity contribution in [1.82, 2.24) is 24.6 Å². The molecule has 0 unspecified atom stereocenters. The van der Waals surface area contributed by atoms with Crippen molar-refractivity contribution in [2.75, 3.05) is 0 Å². The molecular formula is C26H29N5O3S2. The van der Waals surface area contributed by atoms with Gasteiger partial charge >= 0.3 is 6.03 Å². The Morgan fingerprint density at radius 3 is 2.50 bits per heavy atom. The molecule has 4 aromatic rings. The topological polar surface area (TPSA) is 106 Å². The summed E-state index contributed by atoms with van der Waals surface area (Å²) in [6, 6.07) is 14.3. The molecule has 0 bridgehead atoms. The smallest absolute Gasteiger partial charge is 0.329 e. The quantitative estimate of drug-likeness (QED) is 0.329. The lowest BCUT2D eigenvalue weighted by molar-refractivity contribution is 0.245. The van der Waals surface area contributed by atoms with E-state index < -0.39 is 16.1 Å². The number of aryl methyl sites for hydroxylation is 1. The Morgan fingerprint density at radius 2 is 1.86 bits per heavy atom. The van der Waals surface area contributed by atoms with Crippen LogP contribution in [0.4, 0.5) is 4.79 Å². The number of carbonyl (C=O) groups is 1. The molecule has 0 fully saturated rings. The Morgan fingerprint density at radius 1 is 1.08 bits per heavy atom. The first-order chi connectivity index (χ1) is 17.2. The number of pyridine rings is 1. The van der Waals surface area contributed by atoms with Gasteiger partial charge in [-0.15, -0.1) is 11.3 Å². The van der Waals surface area contributed by atoms with Crippen LogP contribution in [0.15, 0.2) is 71.3 Å². The van der Waals surface area contributed by atoms with Gasteiger partial charge in [-0.3, -0.25) is 4.98 Å². The average molecular weight is 524 g/mol. The van der Waals surface area contributed by atoms with Crippen LogP contribution in [0.1, 0.15) is 35.8 Å². The zero-order valence-corrected chi connectivity index (χ0v) is 22.1. The van der Waals surface area contributed by atoms with Crippen molar-refractivity contribution in [3.8, 4) is 11.1 Å². The average Bonchev–Trinajstić information content (AvgIpc) is 3.45. The Balaban J connectivity index is 1.56. The Labute approximate surface area is 215 Å². The van der Waals surface area contributed by atoms with Gasteiger partial charge in [0, 0.05) is 35.6 Å². The largest absolute Gasteiger partial charge is 0.332 e. The molecule has 3 heterocycles. The lowest BCUT2D eigenvalue weighted by atomic mass is 10.0. The van der Waals surface area contributed by atoms with Crippen LogP contribution < -0.4 is 10.0 Å². The SMILES string of the molecule is Cc1nccn1Cc1ccc(-c2cc(CC(C)C)sc2S(=O)(=O)NC(=O)NCc2ccccn2)cc1. The van der Waals surface area contributed by atoms with Crippen LogP contribution in [0.3, 0.4) is 0 Å². The maximum Gasteiger partial charge on any atom is 0.329 e. The molecule has 36 heavy (non-hydrogen) atoms. The maximum atomic E-state index is 13.3. The van der Waals surface area contributed by atoms with Gasteiger partial charge in [0.05, 0.1) is 12.2 Å². The Bertz CT molecular complexity index is 1430. The van der Waals surface area contributed by atoms with E-state index in [1.54, 1.807) is 30.6 Å². The van der Waals surface area contributed by atoms with Gasteiger partial charge in [0.1, 0.15) is 10.0 Å². The molecule has 3 aromatic heterocycles. The zero-order chi connectivity index (χ0) is 25.7. The molecule has 0 aliphatic heterocycles. The highest BCUT2D eigenvalue weighted by Crippen LogP contribution is 2.36. The minimum Gasteiger partial charge on any atom is -0.332 e. The van der Waals surface area contributed by atoms with E-state index in [4.69, 9.17) is 0 Å². The maximum absolute atomic E-state index is 13.3. The third-order valence-corrected chi connectivity index (χ3v) is 8.55. The van der Waals surface area contributed by atoms with Gasteiger partial charge < -0.3 is 9.88 Å². The molecule has 0 saturated carbocycles. The van der Waals surface area contributed by atoms with E-state index in [0.29, 0.717) is 23.7 Å². The summed E-state index contributed by atoms with van der Waals surface area (Å²) < 4.78 is 30.9. The van der Waals surface area contributed by atoms with Crippen LogP contribution in [-0.4, -0.2) is 29.0 Å². The lowest BCUT2D eigenvalue weighted by Gasteiger charge is -2.10. The van der Waals surface area contributed by atoms with Crippen molar-refractivity contribution in [3.05, 3.63) is 89.1 Å². The first kappa shape index (κ1) is 25.6. The molecule has 0 saturated heterocycles. The number of hydrogen-bond acceptors (Lipinski definition) is 6. The Kier molecular flexibility index (Phi) is 7.85. The van der Waals surface area contributed by atoms with Crippen molar-refractivity contribution < 1.29 is 13.2 Å². The summed E-state index contributed by atoms with van der Waals surface area (Å²) in [6.07, 6.45) is 6.05. The summed E-state index contributed by atoms with van der Waals surface area (Å²) in [5.41, 5.74) is 3.08. The third kappa shape index (κ3) is 6.38. The monoisotopic (exact) mass is 523 g/mol. The lowest BCUT2D eigenvalue weighted by Crippen LogP contribution is -2.39. The first-order valence-electron chi connectivity index (χ1n) is 11.6. The number of thiophene rings is 1. The number of sulfonamides is 1. The van der Waals surface area contributed by atoms with Gasteiger partial charge in [0.25, 0.3) is 10.0 Å². The molecule has 188 valence electrons. The minimum atomic E-state index is -4.09. The standard InChI is InChI=1S/C26H29N5O3S2/c1-18(2)14-23-15-24(21-9-7-20(8-10-21)17-31-13-12-27-19(31)3)25(35-23)36(33,34)30-26(32)29-16-22-6-4-5-11-28-22/h4-13,15,18H,14,16-17H2,1-3H3,(H2,29,30,32). The van der Waals surface area contributed by atoms with Crippen LogP contribution in [0.25, 0.3) is 11.1 Å². The van der Waals surface area contributed by atoms with Gasteiger partial charge in [-0.2, -0.15) is 0 Å². The molecule has 8 nitrogen and oxygen atoms in total. The van der Waals surface area contributed by atoms with Gasteiger partial charge in [0.2, 0.25) is 0 Å². The summed E-state index contributed by atoms with van der Waals surface area (Å²) in [7, 11) is -4.09. The molecule has 2 N–H and O–H groups in total. The number of benzene rings is 1. The fourth-order valence-corrected chi connectivity index (χ4v) is 6.64. The second-order valence-electron chi connectivity index (χ2n) is 8.92. The van der Waals surface area contributed by atoms with E-state index in [1.165, 1.54) is 11.3 Å². The third-order valence-electron chi connectivity index (χ3n) is 5.53. The normalized spacial score (nSPS) is 11.6. The molecule has 10 heteroatoms. The van der Waals surface area contributed by atoms with Crippen molar-refractivity contribution >= 4 is 27.4 Å². The number of nitrogens with zero attached hydrogens (tertiary/aromatic N) is 3. The second-order valence-corrected chi connectivity index (χ2v) is 11.9. The van der Waals surface area contributed by atoms with Gasteiger partial charge in [-0.1, -0.05) is 44.2 Å². The van der Waals surface area contributed by atoms with E-state index >= 15 is 0 Å². The van der Waals surface area contributed by atoms with E-state index in [2.05, 4.69) is 33.9 Å². The zero-order valence-electron chi connectivity index (χ0n) is 20.4. The molecule has 1 aromatic carbocycles. The van der Waals surface area contributed by atoms with Gasteiger partial charge in [0.15, 0.2) is 0 Å². The van der Waals surface area contributed by atoms with E-state index in [9.17, 15) is 13.2 Å². The van der Waals surface area contributed by atoms with E-state index in [-0.39, 0.29) is 10.8 Å². The molecule has 2 amide bonds. The van der Waals surface area contributed by atoms with E-state index in [0.717, 1.165) is 28.2 Å². The first-order valence-corrected chi connectivity index (χ1v) is 13.9. The predicted octanol–water partition coefficient (Wildman–Crippen LogP) is 4.75. The molecule has 4 rings (SSSR count). The van der Waals surface area contributed by atoms with Crippen molar-refractivity contribution in [2.45, 2.75) is 44.5 Å². The van der Waals surface area contributed by atoms with Crippen LogP contribution in [-0.2, 0) is 29.5 Å². The second kappa shape index (κ2) is 11.0. The minimum absolute atomic E-state index is 0.121. The number of carbonyl (C=O) groups excluding carboxylic acids is 1. The Hall–Kier alpha value is -3.50. The van der Waals surface area contributed by atoms with Crippen LogP contribution in [0, 0.1) is 12.8 Å². The summed E-state index contributed by atoms with van der Waals surface area (Å²) in [4.78, 5) is 21.8. The number of imidazole rings is 1. The van der Waals surface area contributed by atoms with Crippen LogP contribution in [0.5, 0.6) is 0 Å². The van der Waals surface area contributed by atoms with Gasteiger partial charge in [-0.25, -0.2) is 22.9 Å². The summed E-state index contributed by atoms with van der Waals surface area (Å²) in [6.45, 7) is 6.92. The van der Waals surface area contributed by atoms with Crippen molar-refractivity contribution in [2.24, 2.45) is 5.92 Å². The van der Waals surface area contributed by atoms with Crippen LogP contribution >= 0.6 is 11.3 Å². The fraction of sp³-hybridized carbons (Fsp3) is 0.269. The highest BCUT2D eigenvalue weighted by molar-refractivity contribution is 7.92. The number of aromatic nitrogens is 3. The molecule has 0 aliphatic rings. The fourth-order valence-electron chi connectivity index (χ4n) is 3.76. The summed E-state index contributed by atoms with van der Waals surface area (Å²) >= 11 is 1.20. The number of amides is 2. The van der Waals surface area contributed by atoms with Crippen molar-refractivity contribution in [1.29, 1.82) is 0 Å². The molecule has 0 atom stereocenters. The highest BCUT2D eigenvalue weighted by atomic mass is 32.2. The van der Waals surface area contributed by atoms with Crippen LogP contribution in [0.2, 0.25) is 0 Å². The molecule has 0 aliphatic carbocycles. The van der Waals surface area contributed by atoms with E-state index in [1.807, 2.05) is 48.0 Å². The molecule has 0 radical (unpaired) electrons. The number of nitrogens with one attached hydrogen (secondary N) is 2. The molecular weight excluding hydrogens is 494 g/mol. The summed E-state index contributed by atoms with van der Waals surface area (Å²) in [5.74, 6) is 1.29. The highest BCUT2D eigenvalue weighted by Gasteiger charge is 2.26. The molecule has 0 spiro atoms. The van der Waals surface area contributed by atoms with Gasteiger partial charge in [-0.05, 0) is 48.6 Å². The summed E-state index contributed by atoms with van der Waals surface area (Å²) in [5, 5.41) is 2.56. The predicted molar refractivity (Wildman–Crippen MR) is 141 cm³/mol.